The SMILES string of the molecule is CCN1C(=O)C(C(N)=O)N=C(c2ccccc2)c2ccccc21. The molecule has 0 saturated carbocycles. The van der Waals surface area contributed by atoms with Gasteiger partial charge < -0.3 is 10.6 Å². The minimum atomic E-state index is -1.21. The Labute approximate surface area is 134 Å². The Kier molecular flexibility index (Phi) is 3.93. The predicted molar refractivity (Wildman–Crippen MR) is 89.5 cm³/mol. The Morgan fingerprint density at radius 2 is 1.78 bits per heavy atom. The van der Waals surface area contributed by atoms with Crippen LogP contribution in [0, 0.1) is 0 Å². The number of carbonyl (C=O) groups excluding carboxylic acids is 2. The van der Waals surface area contributed by atoms with E-state index >= 15 is 0 Å². The van der Waals surface area contributed by atoms with Crippen LogP contribution in [0.3, 0.4) is 0 Å². The van der Waals surface area contributed by atoms with Crippen LogP contribution < -0.4 is 10.6 Å². The van der Waals surface area contributed by atoms with E-state index in [-0.39, 0.29) is 0 Å². The number of carbonyl (C=O) groups is 2. The molecule has 0 aromatic heterocycles. The van der Waals surface area contributed by atoms with Crippen LogP contribution in [-0.4, -0.2) is 30.1 Å². The minimum Gasteiger partial charge on any atom is -0.367 e. The molecule has 1 atom stereocenters. The molecule has 23 heavy (non-hydrogen) atoms. The van der Waals surface area contributed by atoms with Crippen LogP contribution in [0.4, 0.5) is 5.69 Å². The highest BCUT2D eigenvalue weighted by Crippen LogP contribution is 2.28. The lowest BCUT2D eigenvalue weighted by Gasteiger charge is -2.22. The number of primary amides is 1. The summed E-state index contributed by atoms with van der Waals surface area (Å²) in [7, 11) is 0. The van der Waals surface area contributed by atoms with Crippen molar-refractivity contribution >= 4 is 23.2 Å². The highest BCUT2D eigenvalue weighted by Gasteiger charge is 2.34. The normalized spacial score (nSPS) is 17.3. The molecule has 0 bridgehead atoms. The monoisotopic (exact) mass is 307 g/mol. The zero-order chi connectivity index (χ0) is 16.4. The molecule has 5 heteroatoms. The van der Waals surface area contributed by atoms with E-state index in [9.17, 15) is 9.59 Å². The first-order chi connectivity index (χ1) is 11.1. The molecule has 1 heterocycles. The second kappa shape index (κ2) is 6.04. The van der Waals surface area contributed by atoms with Crippen molar-refractivity contribution in [2.24, 2.45) is 10.7 Å². The summed E-state index contributed by atoms with van der Waals surface area (Å²) in [6.07, 6.45) is 0. The molecule has 2 N–H and O–H groups in total. The van der Waals surface area contributed by atoms with Crippen molar-refractivity contribution in [1.82, 2.24) is 0 Å². The maximum atomic E-state index is 12.7. The van der Waals surface area contributed by atoms with E-state index in [4.69, 9.17) is 5.73 Å². The molecule has 0 radical (unpaired) electrons. The number of rotatable bonds is 3. The molecule has 5 nitrogen and oxygen atoms in total. The Morgan fingerprint density at radius 1 is 1.13 bits per heavy atom. The van der Waals surface area contributed by atoms with Gasteiger partial charge in [-0.25, -0.2) is 0 Å². The third-order valence-corrected chi connectivity index (χ3v) is 3.84. The highest BCUT2D eigenvalue weighted by atomic mass is 16.2. The van der Waals surface area contributed by atoms with Gasteiger partial charge >= 0.3 is 0 Å². The fourth-order valence-electron chi connectivity index (χ4n) is 2.77. The third-order valence-electron chi connectivity index (χ3n) is 3.84. The van der Waals surface area contributed by atoms with E-state index in [1.807, 2.05) is 61.5 Å². The van der Waals surface area contributed by atoms with Crippen LogP contribution in [-0.2, 0) is 9.59 Å². The molecule has 2 amide bonds. The molecule has 0 aliphatic carbocycles. The number of amides is 2. The zero-order valence-corrected chi connectivity index (χ0v) is 12.8. The van der Waals surface area contributed by atoms with Crippen molar-refractivity contribution in [2.45, 2.75) is 13.0 Å². The number of likely N-dealkylation sites (N-methyl/N-ethyl adjacent to an activating group) is 1. The van der Waals surface area contributed by atoms with E-state index in [0.717, 1.165) is 16.8 Å². The summed E-state index contributed by atoms with van der Waals surface area (Å²) in [5.41, 5.74) is 8.44. The Morgan fingerprint density at radius 3 is 2.43 bits per heavy atom. The smallest absolute Gasteiger partial charge is 0.261 e. The molecule has 2 aromatic carbocycles. The Hall–Kier alpha value is -2.95. The van der Waals surface area contributed by atoms with Gasteiger partial charge in [0.25, 0.3) is 11.8 Å². The van der Waals surface area contributed by atoms with Gasteiger partial charge in [0.05, 0.1) is 11.4 Å². The van der Waals surface area contributed by atoms with Gasteiger partial charge in [0.1, 0.15) is 0 Å². The minimum absolute atomic E-state index is 0.390. The summed E-state index contributed by atoms with van der Waals surface area (Å²) < 4.78 is 0. The van der Waals surface area contributed by atoms with Crippen molar-refractivity contribution in [3.63, 3.8) is 0 Å². The molecule has 0 spiro atoms. The van der Waals surface area contributed by atoms with Gasteiger partial charge in [-0.15, -0.1) is 0 Å². The number of nitrogens with zero attached hydrogens (tertiary/aromatic N) is 2. The van der Waals surface area contributed by atoms with Gasteiger partial charge in [-0.3, -0.25) is 14.6 Å². The molecule has 3 rings (SSSR count). The van der Waals surface area contributed by atoms with Crippen LogP contribution in [0.15, 0.2) is 59.6 Å². The Bertz CT molecular complexity index is 784. The molecule has 2 aromatic rings. The highest BCUT2D eigenvalue weighted by molar-refractivity contribution is 6.23. The lowest BCUT2D eigenvalue weighted by atomic mass is 10.0. The van der Waals surface area contributed by atoms with Crippen molar-refractivity contribution < 1.29 is 9.59 Å². The van der Waals surface area contributed by atoms with Gasteiger partial charge in [-0.05, 0) is 13.0 Å². The quantitative estimate of drug-likeness (QED) is 0.877. The number of para-hydroxylation sites is 1. The number of benzodiazepines with no additional fused rings is 1. The summed E-state index contributed by atoms with van der Waals surface area (Å²) in [5, 5.41) is 0. The third kappa shape index (κ3) is 2.61. The second-order valence-electron chi connectivity index (χ2n) is 5.25. The number of hydrogen-bond donors (Lipinski definition) is 1. The van der Waals surface area contributed by atoms with Gasteiger partial charge in [0.2, 0.25) is 6.04 Å². The molecule has 116 valence electrons. The topological polar surface area (TPSA) is 75.8 Å². The van der Waals surface area contributed by atoms with Crippen LogP contribution >= 0.6 is 0 Å². The Balaban J connectivity index is 2.28. The molecular formula is C18H17N3O2. The predicted octanol–water partition coefficient (Wildman–Crippen LogP) is 1.74. The lowest BCUT2D eigenvalue weighted by Crippen LogP contribution is -2.44. The molecule has 0 saturated heterocycles. The average Bonchev–Trinajstić information content (AvgIpc) is 2.69. The summed E-state index contributed by atoms with van der Waals surface area (Å²) in [6, 6.07) is 15.8. The van der Waals surface area contributed by atoms with E-state index in [1.165, 1.54) is 0 Å². The van der Waals surface area contributed by atoms with Crippen LogP contribution in [0.1, 0.15) is 18.1 Å². The summed E-state index contributed by atoms with van der Waals surface area (Å²) in [5.74, 6) is -1.13. The van der Waals surface area contributed by atoms with Gasteiger partial charge in [-0.1, -0.05) is 48.5 Å². The number of hydrogen-bond acceptors (Lipinski definition) is 3. The van der Waals surface area contributed by atoms with Crippen LogP contribution in [0.2, 0.25) is 0 Å². The summed E-state index contributed by atoms with van der Waals surface area (Å²) in [6.45, 7) is 2.30. The second-order valence-corrected chi connectivity index (χ2v) is 5.25. The van der Waals surface area contributed by atoms with Gasteiger partial charge in [-0.2, -0.15) is 0 Å². The van der Waals surface area contributed by atoms with Crippen LogP contribution in [0.5, 0.6) is 0 Å². The fourth-order valence-corrected chi connectivity index (χ4v) is 2.77. The lowest BCUT2D eigenvalue weighted by molar-refractivity contribution is -0.127. The van der Waals surface area contributed by atoms with E-state index < -0.39 is 17.9 Å². The molecule has 0 fully saturated rings. The summed E-state index contributed by atoms with van der Waals surface area (Å²) in [4.78, 5) is 30.4. The van der Waals surface area contributed by atoms with Crippen LogP contribution in [0.25, 0.3) is 0 Å². The number of nitrogens with two attached hydrogens (primary N) is 1. The largest absolute Gasteiger partial charge is 0.367 e. The van der Waals surface area contributed by atoms with E-state index in [2.05, 4.69) is 4.99 Å². The summed E-state index contributed by atoms with van der Waals surface area (Å²) >= 11 is 0. The molecule has 1 aliphatic heterocycles. The fraction of sp³-hybridized carbons (Fsp3) is 0.167. The first kappa shape index (κ1) is 15.0. The van der Waals surface area contributed by atoms with Crippen molar-refractivity contribution in [3.8, 4) is 0 Å². The van der Waals surface area contributed by atoms with Gasteiger partial charge in [0.15, 0.2) is 0 Å². The average molecular weight is 307 g/mol. The van der Waals surface area contributed by atoms with Gasteiger partial charge in [0, 0.05) is 17.7 Å². The maximum absolute atomic E-state index is 12.7. The zero-order valence-electron chi connectivity index (χ0n) is 12.8. The van der Waals surface area contributed by atoms with Crippen molar-refractivity contribution in [1.29, 1.82) is 0 Å². The number of fused-ring (bicyclic) bond motifs is 1. The maximum Gasteiger partial charge on any atom is 0.261 e. The standard InChI is InChI=1S/C18H17N3O2/c1-2-21-14-11-7-6-10-13(14)15(12-8-4-3-5-9-12)20-16(17(19)22)18(21)23/h3-11,16H,2H2,1H3,(H2,19,22). The molecule has 1 unspecified atom stereocenters. The molecule has 1 aliphatic rings. The van der Waals surface area contributed by atoms with E-state index in [1.54, 1.807) is 4.90 Å². The number of benzene rings is 2. The van der Waals surface area contributed by atoms with Crippen molar-refractivity contribution in [2.75, 3.05) is 11.4 Å². The van der Waals surface area contributed by atoms with E-state index in [0.29, 0.717) is 12.3 Å². The van der Waals surface area contributed by atoms with Crippen molar-refractivity contribution in [3.05, 3.63) is 65.7 Å². The number of aliphatic imine (C=N–C) groups is 1. The first-order valence-electron chi connectivity index (χ1n) is 7.46. The first-order valence-corrected chi connectivity index (χ1v) is 7.46. The number of anilines is 1. The molecular weight excluding hydrogens is 290 g/mol.